The van der Waals surface area contributed by atoms with Gasteiger partial charge in [0.15, 0.2) is 5.43 Å². The Balaban J connectivity index is 2.10. The van der Waals surface area contributed by atoms with Gasteiger partial charge in [0.05, 0.1) is 10.3 Å². The first kappa shape index (κ1) is 16.5. The van der Waals surface area contributed by atoms with Crippen molar-refractivity contribution in [1.29, 1.82) is 0 Å². The van der Waals surface area contributed by atoms with Crippen LogP contribution in [0.3, 0.4) is 0 Å². The molecule has 0 radical (unpaired) electrons. The summed E-state index contributed by atoms with van der Waals surface area (Å²) in [7, 11) is 0. The number of anilines is 2. The molecule has 0 aliphatic heterocycles. The van der Waals surface area contributed by atoms with Crippen molar-refractivity contribution in [2.45, 2.75) is 0 Å². The van der Waals surface area contributed by atoms with E-state index < -0.39 is 4.92 Å². The van der Waals surface area contributed by atoms with Crippen LogP contribution in [0.25, 0.3) is 16.6 Å². The minimum atomic E-state index is -0.527. The number of fused-ring (bicyclic) bond motifs is 1. The molecule has 0 unspecified atom stereocenters. The molecule has 27 heavy (non-hydrogen) atoms. The zero-order chi connectivity index (χ0) is 18.8. The van der Waals surface area contributed by atoms with Crippen LogP contribution in [0.2, 0.25) is 0 Å². The van der Waals surface area contributed by atoms with Gasteiger partial charge in [0, 0.05) is 23.6 Å². The number of para-hydroxylation sites is 2. The van der Waals surface area contributed by atoms with Crippen molar-refractivity contribution in [2.24, 2.45) is 0 Å². The lowest BCUT2D eigenvalue weighted by atomic mass is 10.2. The first-order valence-electron chi connectivity index (χ1n) is 8.21. The van der Waals surface area contributed by atoms with Crippen LogP contribution >= 0.6 is 0 Å². The molecule has 7 nitrogen and oxygen atoms in total. The molecular weight excluding hydrogens is 344 g/mol. The highest BCUT2D eigenvalue weighted by molar-refractivity contribution is 5.90. The van der Waals surface area contributed by atoms with Crippen molar-refractivity contribution in [2.75, 3.05) is 5.32 Å². The molecule has 0 aliphatic rings. The van der Waals surface area contributed by atoms with E-state index in [0.717, 1.165) is 11.9 Å². The maximum absolute atomic E-state index is 12.6. The molecule has 7 heteroatoms. The predicted octanol–water partition coefficient (Wildman–Crippen LogP) is 4.04. The third-order valence-corrected chi connectivity index (χ3v) is 4.15. The minimum Gasteiger partial charge on any atom is -0.341 e. The summed E-state index contributed by atoms with van der Waals surface area (Å²) in [5, 5.41) is 15.0. The van der Waals surface area contributed by atoms with Gasteiger partial charge in [-0.05, 0) is 24.3 Å². The summed E-state index contributed by atoms with van der Waals surface area (Å²) in [6, 6.07) is 19.9. The molecule has 1 N–H and O–H groups in total. The van der Waals surface area contributed by atoms with E-state index in [-0.39, 0.29) is 22.0 Å². The molecule has 0 saturated carbocycles. The Labute approximate surface area is 153 Å². The Morgan fingerprint density at radius 2 is 1.63 bits per heavy atom. The maximum atomic E-state index is 12.6. The van der Waals surface area contributed by atoms with Crippen LogP contribution in [0.5, 0.6) is 0 Å². The number of hydrogen-bond acceptors (Lipinski definition) is 5. The quantitative estimate of drug-likeness (QED) is 0.439. The monoisotopic (exact) mass is 358 g/mol. The average molecular weight is 358 g/mol. The molecule has 0 atom stereocenters. The second kappa shape index (κ2) is 6.72. The summed E-state index contributed by atoms with van der Waals surface area (Å²) in [5.74, 6) is 0.430. The molecule has 4 rings (SSSR count). The van der Waals surface area contributed by atoms with Gasteiger partial charge >= 0.3 is 5.69 Å². The number of pyridine rings is 2. The second-order valence-electron chi connectivity index (χ2n) is 5.87. The summed E-state index contributed by atoms with van der Waals surface area (Å²) >= 11 is 0. The van der Waals surface area contributed by atoms with Crippen molar-refractivity contribution in [3.05, 3.63) is 99.5 Å². The number of nitrogens with one attached hydrogen (secondary N) is 1. The molecule has 2 aromatic carbocycles. The van der Waals surface area contributed by atoms with Crippen molar-refractivity contribution in [3.8, 4) is 5.69 Å². The fraction of sp³-hybridized carbons (Fsp3) is 0. The molecule has 2 heterocycles. The first-order valence-corrected chi connectivity index (χ1v) is 8.21. The Kier molecular flexibility index (Phi) is 4.10. The standard InChI is InChI=1S/C20H14N4O3/c25-18-11-19(22-14-7-3-1-4-8-14)23(15-9-5-2-6-10-15)20-16(18)12-21-13-17(20)24(26)27/h1-13,22H. The lowest BCUT2D eigenvalue weighted by molar-refractivity contribution is -0.383. The van der Waals surface area contributed by atoms with Crippen molar-refractivity contribution >= 4 is 28.1 Å². The lowest BCUT2D eigenvalue weighted by Crippen LogP contribution is -2.14. The zero-order valence-corrected chi connectivity index (χ0v) is 14.1. The summed E-state index contributed by atoms with van der Waals surface area (Å²) in [5.41, 5.74) is 1.08. The third-order valence-electron chi connectivity index (χ3n) is 4.15. The summed E-state index contributed by atoms with van der Waals surface area (Å²) in [4.78, 5) is 27.6. The van der Waals surface area contributed by atoms with Gasteiger partial charge in [0.1, 0.15) is 17.5 Å². The van der Waals surface area contributed by atoms with Gasteiger partial charge in [-0.15, -0.1) is 0 Å². The highest BCUT2D eigenvalue weighted by Gasteiger charge is 2.21. The topological polar surface area (TPSA) is 90.1 Å². The SMILES string of the molecule is O=c1cc(Nc2ccccc2)n(-c2ccccc2)c2c([N+](=O)[O-])cncc12. The zero-order valence-electron chi connectivity index (χ0n) is 14.1. The van der Waals surface area contributed by atoms with E-state index in [1.54, 1.807) is 4.57 Å². The smallest absolute Gasteiger partial charge is 0.312 e. The third kappa shape index (κ3) is 3.02. The molecule has 0 bridgehead atoms. The van der Waals surface area contributed by atoms with E-state index in [9.17, 15) is 14.9 Å². The van der Waals surface area contributed by atoms with Gasteiger partial charge in [-0.1, -0.05) is 36.4 Å². The largest absolute Gasteiger partial charge is 0.341 e. The minimum absolute atomic E-state index is 0.187. The lowest BCUT2D eigenvalue weighted by Gasteiger charge is -2.18. The Hall–Kier alpha value is -4.00. The summed E-state index contributed by atoms with van der Waals surface area (Å²) in [6.07, 6.45) is 2.52. The molecule has 0 saturated heterocycles. The van der Waals surface area contributed by atoms with E-state index in [1.165, 1.54) is 12.3 Å². The van der Waals surface area contributed by atoms with Crippen LogP contribution < -0.4 is 10.7 Å². The Morgan fingerprint density at radius 3 is 2.30 bits per heavy atom. The summed E-state index contributed by atoms with van der Waals surface area (Å²) < 4.78 is 1.67. The van der Waals surface area contributed by atoms with E-state index in [2.05, 4.69) is 10.3 Å². The molecule has 0 spiro atoms. The van der Waals surface area contributed by atoms with Gasteiger partial charge in [0.2, 0.25) is 0 Å². The molecule has 0 amide bonds. The molecule has 2 aromatic heterocycles. The van der Waals surface area contributed by atoms with Crippen molar-refractivity contribution < 1.29 is 4.92 Å². The fourth-order valence-electron chi connectivity index (χ4n) is 2.99. The van der Waals surface area contributed by atoms with E-state index in [0.29, 0.717) is 11.5 Å². The van der Waals surface area contributed by atoms with E-state index in [4.69, 9.17) is 0 Å². The van der Waals surface area contributed by atoms with Gasteiger partial charge < -0.3 is 5.32 Å². The average Bonchev–Trinajstić information content (AvgIpc) is 2.69. The molecule has 132 valence electrons. The van der Waals surface area contributed by atoms with Gasteiger partial charge in [0.25, 0.3) is 0 Å². The molecule has 0 fully saturated rings. The second-order valence-corrected chi connectivity index (χ2v) is 5.87. The number of hydrogen-bond donors (Lipinski definition) is 1. The number of rotatable bonds is 4. The van der Waals surface area contributed by atoms with Crippen LogP contribution in [0.1, 0.15) is 0 Å². The first-order chi connectivity index (χ1) is 13.1. The molecular formula is C20H14N4O3. The molecule has 4 aromatic rings. The van der Waals surface area contributed by atoms with Crippen LogP contribution in [0.15, 0.2) is 83.9 Å². The number of benzene rings is 2. The maximum Gasteiger partial charge on any atom is 0.312 e. The van der Waals surface area contributed by atoms with Crippen LogP contribution in [0.4, 0.5) is 17.2 Å². The van der Waals surface area contributed by atoms with Crippen molar-refractivity contribution in [1.82, 2.24) is 9.55 Å². The van der Waals surface area contributed by atoms with Crippen LogP contribution in [-0.4, -0.2) is 14.5 Å². The van der Waals surface area contributed by atoms with Gasteiger partial charge in [-0.25, -0.2) is 0 Å². The van der Waals surface area contributed by atoms with Crippen LogP contribution in [-0.2, 0) is 0 Å². The number of nitrogens with zero attached hydrogens (tertiary/aromatic N) is 3. The van der Waals surface area contributed by atoms with Crippen LogP contribution in [0, 0.1) is 10.1 Å². The normalized spacial score (nSPS) is 10.7. The molecule has 0 aliphatic carbocycles. The Bertz CT molecular complexity index is 1190. The van der Waals surface area contributed by atoms with E-state index >= 15 is 0 Å². The van der Waals surface area contributed by atoms with Gasteiger partial charge in [-0.3, -0.25) is 24.5 Å². The fourth-order valence-corrected chi connectivity index (χ4v) is 2.99. The van der Waals surface area contributed by atoms with E-state index in [1.807, 2.05) is 60.7 Å². The Morgan fingerprint density at radius 1 is 0.963 bits per heavy atom. The van der Waals surface area contributed by atoms with Gasteiger partial charge in [-0.2, -0.15) is 0 Å². The highest BCUT2D eigenvalue weighted by atomic mass is 16.6. The number of nitro groups is 1. The highest BCUT2D eigenvalue weighted by Crippen LogP contribution is 2.30. The summed E-state index contributed by atoms with van der Waals surface area (Å²) in [6.45, 7) is 0. The number of aromatic nitrogens is 2. The van der Waals surface area contributed by atoms with Crippen molar-refractivity contribution in [3.63, 3.8) is 0 Å². The predicted molar refractivity (Wildman–Crippen MR) is 104 cm³/mol.